The number of guanidine groups is 1. The summed E-state index contributed by atoms with van der Waals surface area (Å²) >= 11 is 0. The van der Waals surface area contributed by atoms with E-state index in [4.69, 9.17) is 6.42 Å². The topological polar surface area (TPSA) is 68.8 Å². The maximum Gasteiger partial charge on any atom is 0.246 e. The summed E-state index contributed by atoms with van der Waals surface area (Å²) in [5, 5.41) is 9.51. The molecule has 1 aromatic carbocycles. The molecule has 2 rings (SSSR count). The van der Waals surface area contributed by atoms with E-state index in [0.29, 0.717) is 23.7 Å². The standard InChI is InChI=1S/C21H31N5O.HI/c1-5-17-8-7-9-19(14-17)24-20(27)15-23-21(22-6-2)25-18-10-12-26(13-11-18)16(3)4;/h1,7-9,14,16,18H,6,10-13,15H2,2-4H3,(H,24,27)(H2,22,23,25);1H. The van der Waals surface area contributed by atoms with E-state index in [1.165, 1.54) is 0 Å². The number of nitrogens with zero attached hydrogens (tertiary/aromatic N) is 2. The van der Waals surface area contributed by atoms with Crippen LogP contribution in [0.4, 0.5) is 5.69 Å². The lowest BCUT2D eigenvalue weighted by molar-refractivity contribution is -0.114. The van der Waals surface area contributed by atoms with Crippen molar-refractivity contribution in [2.24, 2.45) is 4.99 Å². The molecule has 28 heavy (non-hydrogen) atoms. The smallest absolute Gasteiger partial charge is 0.246 e. The zero-order valence-corrected chi connectivity index (χ0v) is 19.3. The summed E-state index contributed by atoms with van der Waals surface area (Å²) in [5.41, 5.74) is 1.42. The number of terminal acetylenes is 1. The van der Waals surface area contributed by atoms with Crippen molar-refractivity contribution >= 4 is 41.5 Å². The highest BCUT2D eigenvalue weighted by molar-refractivity contribution is 14.0. The summed E-state index contributed by atoms with van der Waals surface area (Å²) in [5.74, 6) is 3.08. The van der Waals surface area contributed by atoms with E-state index < -0.39 is 0 Å². The Balaban J connectivity index is 0.00000392. The summed E-state index contributed by atoms with van der Waals surface area (Å²) in [6, 6.07) is 8.20. The Morgan fingerprint density at radius 2 is 2.07 bits per heavy atom. The molecule has 0 spiro atoms. The largest absolute Gasteiger partial charge is 0.357 e. The van der Waals surface area contributed by atoms with Gasteiger partial charge in [0.1, 0.15) is 6.54 Å². The number of carbonyl (C=O) groups is 1. The lowest BCUT2D eigenvalue weighted by atomic mass is 10.0. The van der Waals surface area contributed by atoms with Gasteiger partial charge in [-0.2, -0.15) is 0 Å². The fourth-order valence-electron chi connectivity index (χ4n) is 3.11. The second-order valence-electron chi connectivity index (χ2n) is 7.02. The van der Waals surface area contributed by atoms with Gasteiger partial charge in [0, 0.05) is 43.0 Å². The molecule has 1 aliphatic rings. The van der Waals surface area contributed by atoms with Gasteiger partial charge in [-0.05, 0) is 51.8 Å². The van der Waals surface area contributed by atoms with Crippen molar-refractivity contribution in [3.8, 4) is 12.3 Å². The zero-order chi connectivity index (χ0) is 19.6. The first-order valence-corrected chi connectivity index (χ1v) is 9.67. The van der Waals surface area contributed by atoms with E-state index in [0.717, 1.165) is 38.0 Å². The lowest BCUT2D eigenvalue weighted by Gasteiger charge is -2.35. The number of likely N-dealkylation sites (tertiary alicyclic amines) is 1. The number of amides is 1. The highest BCUT2D eigenvalue weighted by Gasteiger charge is 2.21. The van der Waals surface area contributed by atoms with E-state index in [1.54, 1.807) is 6.07 Å². The van der Waals surface area contributed by atoms with E-state index >= 15 is 0 Å². The maximum absolute atomic E-state index is 12.2. The van der Waals surface area contributed by atoms with Crippen LogP contribution in [-0.2, 0) is 4.79 Å². The van der Waals surface area contributed by atoms with Crippen molar-refractivity contribution in [2.45, 2.75) is 45.7 Å². The van der Waals surface area contributed by atoms with Gasteiger partial charge < -0.3 is 20.9 Å². The normalized spacial score (nSPS) is 15.5. The third kappa shape index (κ3) is 8.07. The van der Waals surface area contributed by atoms with E-state index in [9.17, 15) is 4.79 Å². The van der Waals surface area contributed by atoms with Gasteiger partial charge in [0.15, 0.2) is 5.96 Å². The molecule has 0 aliphatic carbocycles. The highest BCUT2D eigenvalue weighted by Crippen LogP contribution is 2.13. The van der Waals surface area contributed by atoms with Gasteiger partial charge in [0.25, 0.3) is 0 Å². The number of hydrogen-bond acceptors (Lipinski definition) is 3. The van der Waals surface area contributed by atoms with Gasteiger partial charge in [-0.3, -0.25) is 4.79 Å². The summed E-state index contributed by atoms with van der Waals surface area (Å²) in [4.78, 5) is 19.1. The Morgan fingerprint density at radius 1 is 1.36 bits per heavy atom. The number of benzene rings is 1. The number of rotatable bonds is 6. The third-order valence-electron chi connectivity index (χ3n) is 4.64. The molecule has 1 aromatic rings. The third-order valence-corrected chi connectivity index (χ3v) is 4.64. The second-order valence-corrected chi connectivity index (χ2v) is 7.02. The number of piperidine rings is 1. The molecule has 0 radical (unpaired) electrons. The summed E-state index contributed by atoms with van der Waals surface area (Å²) in [7, 11) is 0. The minimum atomic E-state index is -0.170. The molecule has 1 fully saturated rings. The minimum Gasteiger partial charge on any atom is -0.357 e. The summed E-state index contributed by atoms with van der Waals surface area (Å²) in [6.45, 7) is 9.46. The number of nitrogens with one attached hydrogen (secondary N) is 3. The van der Waals surface area contributed by atoms with Gasteiger partial charge in [-0.15, -0.1) is 30.4 Å². The molecule has 1 amide bonds. The van der Waals surface area contributed by atoms with Crippen LogP contribution in [0, 0.1) is 12.3 Å². The van der Waals surface area contributed by atoms with Crippen LogP contribution in [0.15, 0.2) is 29.3 Å². The molecular weight excluding hydrogens is 465 g/mol. The Morgan fingerprint density at radius 3 is 2.68 bits per heavy atom. The molecule has 0 atom stereocenters. The number of hydrogen-bond donors (Lipinski definition) is 3. The molecule has 7 heteroatoms. The maximum atomic E-state index is 12.2. The molecular formula is C21H32IN5O. The predicted octanol–water partition coefficient (Wildman–Crippen LogP) is 2.65. The molecule has 0 bridgehead atoms. The van der Waals surface area contributed by atoms with Crippen molar-refractivity contribution in [3.05, 3.63) is 29.8 Å². The molecule has 6 nitrogen and oxygen atoms in total. The molecule has 0 unspecified atom stereocenters. The average Bonchev–Trinajstić information content (AvgIpc) is 2.67. The Bertz CT molecular complexity index is 690. The highest BCUT2D eigenvalue weighted by atomic mass is 127. The van der Waals surface area contributed by atoms with E-state index in [2.05, 4.69) is 45.6 Å². The van der Waals surface area contributed by atoms with Crippen LogP contribution >= 0.6 is 24.0 Å². The van der Waals surface area contributed by atoms with Crippen LogP contribution in [0.5, 0.6) is 0 Å². The van der Waals surface area contributed by atoms with Crippen LogP contribution < -0.4 is 16.0 Å². The SMILES string of the molecule is C#Cc1cccc(NC(=O)CN=C(NCC)NC2CCN(C(C)C)CC2)c1.I. The van der Waals surface area contributed by atoms with Crippen molar-refractivity contribution in [1.29, 1.82) is 0 Å². The fraction of sp³-hybridized carbons (Fsp3) is 0.524. The van der Waals surface area contributed by atoms with Gasteiger partial charge in [0.05, 0.1) is 0 Å². The summed E-state index contributed by atoms with van der Waals surface area (Å²) in [6.07, 6.45) is 7.55. The van der Waals surface area contributed by atoms with Gasteiger partial charge in [-0.1, -0.05) is 12.0 Å². The lowest BCUT2D eigenvalue weighted by Crippen LogP contribution is -2.50. The Labute approximate surface area is 186 Å². The molecule has 1 saturated heterocycles. The molecule has 1 heterocycles. The Kier molecular flexibility index (Phi) is 10.9. The van der Waals surface area contributed by atoms with Gasteiger partial charge >= 0.3 is 0 Å². The molecule has 1 aliphatic heterocycles. The minimum absolute atomic E-state index is 0. The number of anilines is 1. The molecule has 0 aromatic heterocycles. The van der Waals surface area contributed by atoms with Crippen molar-refractivity contribution in [1.82, 2.24) is 15.5 Å². The average molecular weight is 497 g/mol. The fourth-order valence-corrected chi connectivity index (χ4v) is 3.11. The number of aliphatic imine (C=N–C) groups is 1. The summed E-state index contributed by atoms with van der Waals surface area (Å²) < 4.78 is 0. The van der Waals surface area contributed by atoms with Gasteiger partial charge in [0.2, 0.25) is 5.91 Å². The number of carbonyl (C=O) groups excluding carboxylic acids is 1. The van der Waals surface area contributed by atoms with Gasteiger partial charge in [-0.25, -0.2) is 4.99 Å². The quantitative estimate of drug-likeness (QED) is 0.245. The van der Waals surface area contributed by atoms with Crippen LogP contribution in [0.2, 0.25) is 0 Å². The van der Waals surface area contributed by atoms with Crippen LogP contribution in [0.3, 0.4) is 0 Å². The van der Waals surface area contributed by atoms with E-state index in [-0.39, 0.29) is 36.4 Å². The predicted molar refractivity (Wildman–Crippen MR) is 127 cm³/mol. The first-order valence-electron chi connectivity index (χ1n) is 9.67. The van der Waals surface area contributed by atoms with Crippen LogP contribution in [0.25, 0.3) is 0 Å². The van der Waals surface area contributed by atoms with Crippen molar-refractivity contribution in [2.75, 3.05) is 31.5 Å². The first kappa shape index (κ1) is 24.2. The number of halogens is 1. The molecule has 0 saturated carbocycles. The van der Waals surface area contributed by atoms with Crippen molar-refractivity contribution in [3.63, 3.8) is 0 Å². The Hall–Kier alpha value is -1.79. The molecule has 154 valence electrons. The van der Waals surface area contributed by atoms with Crippen molar-refractivity contribution < 1.29 is 4.79 Å². The van der Waals surface area contributed by atoms with Crippen LogP contribution in [-0.4, -0.2) is 55.0 Å². The first-order chi connectivity index (χ1) is 13.0. The van der Waals surface area contributed by atoms with Crippen LogP contribution in [0.1, 0.15) is 39.2 Å². The molecule has 3 N–H and O–H groups in total. The second kappa shape index (κ2) is 12.6. The zero-order valence-electron chi connectivity index (χ0n) is 17.0. The van der Waals surface area contributed by atoms with E-state index in [1.807, 2.05) is 25.1 Å². The monoisotopic (exact) mass is 497 g/mol.